The van der Waals surface area contributed by atoms with Gasteiger partial charge >= 0.3 is 5.97 Å². The van der Waals surface area contributed by atoms with E-state index >= 15 is 0 Å². The summed E-state index contributed by atoms with van der Waals surface area (Å²) < 4.78 is 4.92. The third-order valence-corrected chi connectivity index (χ3v) is 2.49. The van der Waals surface area contributed by atoms with Gasteiger partial charge in [-0.2, -0.15) is 0 Å². The summed E-state index contributed by atoms with van der Waals surface area (Å²) in [6, 6.07) is 0. The molecule has 0 amide bonds. The largest absolute Gasteiger partial charge is 0.466 e. The lowest BCUT2D eigenvalue weighted by Crippen LogP contribution is -2.09. The topological polar surface area (TPSA) is 26.3 Å². The molecule has 0 aromatic carbocycles. The molecule has 0 fully saturated rings. The highest BCUT2D eigenvalue weighted by Gasteiger charge is 2.08. The van der Waals surface area contributed by atoms with Crippen LogP contribution in [0.5, 0.6) is 0 Å². The molecule has 0 N–H and O–H groups in total. The first-order valence-electron chi connectivity index (χ1n) is 6.66. The molecular formula is C15H26O2. The molecule has 1 unspecified atom stereocenters. The van der Waals surface area contributed by atoms with Crippen molar-refractivity contribution in [3.05, 3.63) is 24.3 Å². The SMILES string of the molecule is CC/C=C\C/C=C\CCC(C)CC(=O)OCC. The maximum atomic E-state index is 11.2. The van der Waals surface area contributed by atoms with Gasteiger partial charge in [-0.05, 0) is 38.5 Å². The summed E-state index contributed by atoms with van der Waals surface area (Å²) in [4.78, 5) is 11.2. The zero-order valence-electron chi connectivity index (χ0n) is 11.4. The van der Waals surface area contributed by atoms with Crippen LogP contribution in [-0.2, 0) is 9.53 Å². The molecule has 0 aromatic heterocycles. The number of esters is 1. The number of carbonyl (C=O) groups is 1. The Morgan fingerprint density at radius 2 is 1.88 bits per heavy atom. The van der Waals surface area contributed by atoms with Crippen molar-refractivity contribution in [2.45, 2.75) is 52.9 Å². The van der Waals surface area contributed by atoms with E-state index in [1.807, 2.05) is 6.92 Å². The van der Waals surface area contributed by atoms with Gasteiger partial charge in [-0.25, -0.2) is 0 Å². The van der Waals surface area contributed by atoms with Crippen LogP contribution >= 0.6 is 0 Å². The standard InChI is InChI=1S/C15H26O2/c1-4-6-7-8-9-10-11-12-14(3)13-15(16)17-5-2/h6-7,9-10,14H,4-5,8,11-13H2,1-3H3/b7-6-,10-9-. The van der Waals surface area contributed by atoms with E-state index in [-0.39, 0.29) is 5.97 Å². The van der Waals surface area contributed by atoms with Crippen molar-refractivity contribution in [1.29, 1.82) is 0 Å². The van der Waals surface area contributed by atoms with Gasteiger partial charge in [0.15, 0.2) is 0 Å². The molecule has 0 saturated heterocycles. The van der Waals surface area contributed by atoms with Crippen molar-refractivity contribution >= 4 is 5.97 Å². The molecule has 0 aromatic rings. The van der Waals surface area contributed by atoms with E-state index in [1.165, 1.54) is 0 Å². The maximum Gasteiger partial charge on any atom is 0.306 e. The van der Waals surface area contributed by atoms with Crippen molar-refractivity contribution in [3.63, 3.8) is 0 Å². The molecule has 0 saturated carbocycles. The summed E-state index contributed by atoms with van der Waals surface area (Å²) in [5.41, 5.74) is 0. The molecule has 1 atom stereocenters. The summed E-state index contributed by atoms with van der Waals surface area (Å²) in [5, 5.41) is 0. The van der Waals surface area contributed by atoms with Gasteiger partial charge in [-0.15, -0.1) is 0 Å². The number of ether oxygens (including phenoxy) is 1. The molecule has 17 heavy (non-hydrogen) atoms. The summed E-state index contributed by atoms with van der Waals surface area (Å²) >= 11 is 0. The average Bonchev–Trinajstić information content (AvgIpc) is 2.28. The Labute approximate surface area is 106 Å². The number of allylic oxidation sites excluding steroid dienone is 4. The second-order valence-electron chi connectivity index (χ2n) is 4.28. The van der Waals surface area contributed by atoms with Crippen molar-refractivity contribution in [3.8, 4) is 0 Å². The monoisotopic (exact) mass is 238 g/mol. The first-order valence-corrected chi connectivity index (χ1v) is 6.66. The van der Waals surface area contributed by atoms with Crippen LogP contribution in [-0.4, -0.2) is 12.6 Å². The summed E-state index contributed by atoms with van der Waals surface area (Å²) in [7, 11) is 0. The lowest BCUT2D eigenvalue weighted by Gasteiger charge is -2.08. The van der Waals surface area contributed by atoms with Crippen molar-refractivity contribution in [2.75, 3.05) is 6.61 Å². The zero-order valence-corrected chi connectivity index (χ0v) is 11.4. The Hall–Kier alpha value is -1.05. The van der Waals surface area contributed by atoms with Crippen molar-refractivity contribution in [2.24, 2.45) is 5.92 Å². The zero-order chi connectivity index (χ0) is 12.9. The predicted octanol–water partition coefficient (Wildman–Crippen LogP) is 4.27. The fraction of sp³-hybridized carbons (Fsp3) is 0.667. The summed E-state index contributed by atoms with van der Waals surface area (Å²) in [5.74, 6) is 0.333. The Bertz CT molecular complexity index is 241. The summed E-state index contributed by atoms with van der Waals surface area (Å²) in [6.07, 6.45) is 13.5. The van der Waals surface area contributed by atoms with Crippen LogP contribution in [0, 0.1) is 5.92 Å². The van der Waals surface area contributed by atoms with E-state index in [0.29, 0.717) is 18.9 Å². The first kappa shape index (κ1) is 16.0. The Kier molecular flexibility index (Phi) is 10.7. The molecule has 0 heterocycles. The number of rotatable bonds is 9. The number of carbonyl (C=O) groups excluding carboxylic acids is 1. The Morgan fingerprint density at radius 3 is 2.53 bits per heavy atom. The van der Waals surface area contributed by atoms with Crippen LogP contribution in [0.15, 0.2) is 24.3 Å². The smallest absolute Gasteiger partial charge is 0.306 e. The predicted molar refractivity (Wildman–Crippen MR) is 72.8 cm³/mol. The second kappa shape index (κ2) is 11.4. The molecule has 0 aliphatic carbocycles. The van der Waals surface area contributed by atoms with E-state index in [4.69, 9.17) is 4.74 Å². The van der Waals surface area contributed by atoms with Gasteiger partial charge in [0, 0.05) is 6.42 Å². The van der Waals surface area contributed by atoms with Gasteiger partial charge in [0.1, 0.15) is 0 Å². The Balaban J connectivity index is 3.53. The van der Waals surface area contributed by atoms with Crippen LogP contribution in [0.3, 0.4) is 0 Å². The lowest BCUT2D eigenvalue weighted by molar-refractivity contribution is -0.144. The number of hydrogen-bond acceptors (Lipinski definition) is 2. The molecule has 2 heteroatoms. The third-order valence-electron chi connectivity index (χ3n) is 2.49. The molecule has 0 spiro atoms. The van der Waals surface area contributed by atoms with Crippen LogP contribution < -0.4 is 0 Å². The third kappa shape index (κ3) is 11.2. The maximum absolute atomic E-state index is 11.2. The lowest BCUT2D eigenvalue weighted by atomic mass is 10.0. The van der Waals surface area contributed by atoms with E-state index in [2.05, 4.69) is 38.2 Å². The molecule has 0 aliphatic heterocycles. The van der Waals surface area contributed by atoms with Crippen LogP contribution in [0.1, 0.15) is 52.9 Å². The van der Waals surface area contributed by atoms with Gasteiger partial charge in [-0.3, -0.25) is 4.79 Å². The Morgan fingerprint density at radius 1 is 1.18 bits per heavy atom. The second-order valence-corrected chi connectivity index (χ2v) is 4.28. The summed E-state index contributed by atoms with van der Waals surface area (Å²) in [6.45, 7) is 6.56. The minimum Gasteiger partial charge on any atom is -0.466 e. The van der Waals surface area contributed by atoms with E-state index < -0.39 is 0 Å². The molecule has 0 radical (unpaired) electrons. The molecular weight excluding hydrogens is 212 g/mol. The molecule has 0 bridgehead atoms. The van der Waals surface area contributed by atoms with Gasteiger partial charge in [0.2, 0.25) is 0 Å². The van der Waals surface area contributed by atoms with Crippen LogP contribution in [0.25, 0.3) is 0 Å². The van der Waals surface area contributed by atoms with Gasteiger partial charge in [0.05, 0.1) is 6.61 Å². The highest BCUT2D eigenvalue weighted by molar-refractivity contribution is 5.69. The molecule has 98 valence electrons. The van der Waals surface area contributed by atoms with Crippen LogP contribution in [0.2, 0.25) is 0 Å². The van der Waals surface area contributed by atoms with E-state index in [9.17, 15) is 4.79 Å². The van der Waals surface area contributed by atoms with Crippen LogP contribution in [0.4, 0.5) is 0 Å². The molecule has 2 nitrogen and oxygen atoms in total. The quantitative estimate of drug-likeness (QED) is 0.443. The average molecular weight is 238 g/mol. The highest BCUT2D eigenvalue weighted by Crippen LogP contribution is 2.11. The van der Waals surface area contributed by atoms with Gasteiger partial charge in [-0.1, -0.05) is 38.2 Å². The fourth-order valence-corrected chi connectivity index (χ4v) is 1.54. The van der Waals surface area contributed by atoms with Crippen molar-refractivity contribution in [1.82, 2.24) is 0 Å². The normalized spacial score (nSPS) is 13.4. The minimum absolute atomic E-state index is 0.0742. The van der Waals surface area contributed by atoms with Gasteiger partial charge in [0.25, 0.3) is 0 Å². The van der Waals surface area contributed by atoms with E-state index in [0.717, 1.165) is 25.7 Å². The minimum atomic E-state index is -0.0742. The first-order chi connectivity index (χ1) is 8.20. The number of hydrogen-bond donors (Lipinski definition) is 0. The van der Waals surface area contributed by atoms with Crippen molar-refractivity contribution < 1.29 is 9.53 Å². The highest BCUT2D eigenvalue weighted by atomic mass is 16.5. The molecule has 0 rings (SSSR count). The van der Waals surface area contributed by atoms with E-state index in [1.54, 1.807) is 0 Å². The van der Waals surface area contributed by atoms with Gasteiger partial charge < -0.3 is 4.74 Å². The molecule has 0 aliphatic rings. The fourth-order valence-electron chi connectivity index (χ4n) is 1.54.